The van der Waals surface area contributed by atoms with E-state index < -0.39 is 11.0 Å². The van der Waals surface area contributed by atoms with Gasteiger partial charge in [0.05, 0.1) is 0 Å². The van der Waals surface area contributed by atoms with Gasteiger partial charge in [-0.15, -0.1) is 0 Å². The number of carbonyl (C=O) groups is 2. The average Bonchev–Trinajstić information content (AvgIpc) is 2.76. The molecule has 5 aliphatic carbocycles. The zero-order chi connectivity index (χ0) is 26.7. The molecular weight excluding hydrogens is 448 g/mol. The molecule has 0 unspecified atom stereocenters. The van der Waals surface area contributed by atoms with Gasteiger partial charge in [-0.1, -0.05) is 55.4 Å². The molecule has 0 aromatic rings. The van der Waals surface area contributed by atoms with E-state index in [1.807, 2.05) is 0 Å². The fourth-order valence-electron chi connectivity index (χ4n) is 11.4. The fraction of sp³-hybridized carbons (Fsp3) is 0.938. The molecule has 0 aliphatic heterocycles. The number of fused-ring (bicyclic) bond motifs is 7. The summed E-state index contributed by atoms with van der Waals surface area (Å²) in [6.07, 6.45) is 9.67. The summed E-state index contributed by atoms with van der Waals surface area (Å²) in [6, 6.07) is 0. The van der Waals surface area contributed by atoms with Crippen molar-refractivity contribution in [2.75, 3.05) is 0 Å². The molecule has 5 rings (SSSR count). The topological polar surface area (TPSA) is 63.6 Å². The van der Waals surface area contributed by atoms with Gasteiger partial charge in [0.1, 0.15) is 11.7 Å². The zero-order valence-electron chi connectivity index (χ0n) is 24.6. The Morgan fingerprint density at radius 1 is 0.833 bits per heavy atom. The van der Waals surface area contributed by atoms with Crippen LogP contribution in [0.2, 0.25) is 0 Å². The van der Waals surface area contributed by atoms with E-state index in [1.165, 1.54) is 13.3 Å². The molecule has 0 bridgehead atoms. The third kappa shape index (κ3) is 3.15. The van der Waals surface area contributed by atoms with E-state index in [1.54, 1.807) is 0 Å². The number of rotatable bonds is 1. The number of aliphatic hydroxyl groups is 1. The highest BCUT2D eigenvalue weighted by atomic mass is 16.5. The molecule has 0 spiro atoms. The van der Waals surface area contributed by atoms with Crippen LogP contribution in [0.1, 0.15) is 127 Å². The summed E-state index contributed by atoms with van der Waals surface area (Å²) in [5, 5.41) is 12.8. The molecule has 0 radical (unpaired) electrons. The van der Waals surface area contributed by atoms with Crippen LogP contribution in [0.15, 0.2) is 0 Å². The summed E-state index contributed by atoms with van der Waals surface area (Å²) in [5.74, 6) is 0.622. The van der Waals surface area contributed by atoms with Crippen molar-refractivity contribution in [3.05, 3.63) is 0 Å². The van der Waals surface area contributed by atoms with Crippen LogP contribution in [0.4, 0.5) is 0 Å². The maximum Gasteiger partial charge on any atom is 0.302 e. The maximum atomic E-state index is 14.4. The number of ether oxygens (including phenoxy) is 1. The van der Waals surface area contributed by atoms with Crippen molar-refractivity contribution in [1.29, 1.82) is 0 Å². The smallest absolute Gasteiger partial charge is 0.302 e. The predicted molar refractivity (Wildman–Crippen MR) is 142 cm³/mol. The van der Waals surface area contributed by atoms with Gasteiger partial charge in [0.15, 0.2) is 5.78 Å². The summed E-state index contributed by atoms with van der Waals surface area (Å²) >= 11 is 0. The minimum atomic E-state index is -1.24. The predicted octanol–water partition coefficient (Wildman–Crippen LogP) is 7.11. The summed E-state index contributed by atoms with van der Waals surface area (Å²) in [7, 11) is 0. The maximum absolute atomic E-state index is 14.4. The second-order valence-corrected chi connectivity index (χ2v) is 16.3. The minimum Gasteiger partial charge on any atom is -0.462 e. The molecule has 0 amide bonds. The van der Waals surface area contributed by atoms with Gasteiger partial charge in [0, 0.05) is 30.1 Å². The Hall–Kier alpha value is -0.900. The molecule has 0 heterocycles. The van der Waals surface area contributed by atoms with Crippen LogP contribution < -0.4 is 0 Å². The molecular formula is C32H52O4. The number of Topliss-reactive ketones (excluding diaryl/α,β-unsaturated/α-hetero) is 1. The first-order valence-electron chi connectivity index (χ1n) is 14.8. The highest BCUT2D eigenvalue weighted by molar-refractivity contribution is 5.90. The van der Waals surface area contributed by atoms with Crippen molar-refractivity contribution in [2.45, 2.75) is 138 Å². The van der Waals surface area contributed by atoms with E-state index in [-0.39, 0.29) is 56.8 Å². The Bertz CT molecular complexity index is 967. The van der Waals surface area contributed by atoms with E-state index in [0.29, 0.717) is 12.3 Å². The van der Waals surface area contributed by atoms with Gasteiger partial charge in [0.25, 0.3) is 0 Å². The average molecular weight is 501 g/mol. The standard InChI is InChI=1S/C32H52O4/c1-20(33)36-25-11-12-29(7)21(27(25,4)5)10-13-30(8)22(29)18-24(34)32(35)23-19-26(2,3)14-15-28(23,6)16-17-31(30,32)9/h21-23,25,35H,10-19H2,1-9H3/t21-,22+,23-,25-,28+,29-,30+,31-,32+/m0/s1. The number of hydrogen-bond acceptors (Lipinski definition) is 4. The third-order valence-electron chi connectivity index (χ3n) is 13.9. The van der Waals surface area contributed by atoms with Gasteiger partial charge >= 0.3 is 5.97 Å². The van der Waals surface area contributed by atoms with Crippen LogP contribution in [0.25, 0.3) is 0 Å². The lowest BCUT2D eigenvalue weighted by Crippen LogP contribution is -2.76. The lowest BCUT2D eigenvalue weighted by molar-refractivity contribution is -0.293. The van der Waals surface area contributed by atoms with Crippen LogP contribution in [0, 0.1) is 50.2 Å². The van der Waals surface area contributed by atoms with E-state index in [9.17, 15) is 14.7 Å². The molecule has 36 heavy (non-hydrogen) atoms. The summed E-state index contributed by atoms with van der Waals surface area (Å²) in [4.78, 5) is 26.3. The molecule has 4 nitrogen and oxygen atoms in total. The van der Waals surface area contributed by atoms with Crippen molar-refractivity contribution in [2.24, 2.45) is 50.2 Å². The van der Waals surface area contributed by atoms with E-state index in [2.05, 4.69) is 55.4 Å². The minimum absolute atomic E-state index is 0.000263. The molecule has 4 heteroatoms. The van der Waals surface area contributed by atoms with E-state index in [0.717, 1.165) is 51.4 Å². The molecule has 5 saturated carbocycles. The molecule has 5 aliphatic rings. The first-order valence-corrected chi connectivity index (χ1v) is 14.8. The van der Waals surface area contributed by atoms with Crippen LogP contribution in [-0.4, -0.2) is 28.6 Å². The van der Waals surface area contributed by atoms with E-state index in [4.69, 9.17) is 4.74 Å². The Balaban J connectivity index is 1.57. The molecule has 0 saturated heterocycles. The molecule has 5 fully saturated rings. The van der Waals surface area contributed by atoms with Gasteiger partial charge in [-0.2, -0.15) is 0 Å². The van der Waals surface area contributed by atoms with Crippen molar-refractivity contribution in [1.82, 2.24) is 0 Å². The summed E-state index contributed by atoms with van der Waals surface area (Å²) < 4.78 is 5.85. The van der Waals surface area contributed by atoms with Crippen LogP contribution in [-0.2, 0) is 14.3 Å². The SMILES string of the molecule is CC(=O)O[C@H]1CC[C@]2(C)[C@H]3CC(=O)[C@]4(O)[C@H]5CC(C)(C)CC[C@]5(C)CC[C@@]4(C)[C@]3(C)CC[C@H]2C1(C)C. The van der Waals surface area contributed by atoms with Gasteiger partial charge in [0.2, 0.25) is 0 Å². The van der Waals surface area contributed by atoms with Crippen molar-refractivity contribution < 1.29 is 19.4 Å². The van der Waals surface area contributed by atoms with Gasteiger partial charge in [-0.3, -0.25) is 9.59 Å². The lowest BCUT2D eigenvalue weighted by Gasteiger charge is -2.75. The molecule has 0 aromatic carbocycles. The van der Waals surface area contributed by atoms with Crippen LogP contribution >= 0.6 is 0 Å². The lowest BCUT2D eigenvalue weighted by atomic mass is 9.30. The normalized spacial score (nSPS) is 53.3. The summed E-state index contributed by atoms with van der Waals surface area (Å²) in [6.45, 7) is 20.3. The third-order valence-corrected chi connectivity index (χ3v) is 13.9. The number of ketones is 1. The Labute approximate surface area is 219 Å². The molecule has 1 N–H and O–H groups in total. The number of hydrogen-bond donors (Lipinski definition) is 1. The van der Waals surface area contributed by atoms with Crippen LogP contribution in [0.5, 0.6) is 0 Å². The Morgan fingerprint density at radius 2 is 1.47 bits per heavy atom. The quantitative estimate of drug-likeness (QED) is 0.390. The monoisotopic (exact) mass is 500 g/mol. The van der Waals surface area contributed by atoms with Crippen molar-refractivity contribution in [3.8, 4) is 0 Å². The zero-order valence-corrected chi connectivity index (χ0v) is 24.6. The largest absolute Gasteiger partial charge is 0.462 e. The van der Waals surface area contributed by atoms with Crippen molar-refractivity contribution in [3.63, 3.8) is 0 Å². The Morgan fingerprint density at radius 3 is 2.11 bits per heavy atom. The molecule has 9 atom stereocenters. The second kappa shape index (κ2) is 7.60. The number of esters is 1. The van der Waals surface area contributed by atoms with Gasteiger partial charge in [-0.05, 0) is 91.3 Å². The second-order valence-electron chi connectivity index (χ2n) is 16.3. The van der Waals surface area contributed by atoms with Crippen LogP contribution in [0.3, 0.4) is 0 Å². The first-order chi connectivity index (χ1) is 16.4. The highest BCUT2D eigenvalue weighted by Gasteiger charge is 2.77. The van der Waals surface area contributed by atoms with Crippen molar-refractivity contribution >= 4 is 11.8 Å². The summed E-state index contributed by atoms with van der Waals surface area (Å²) in [5.41, 5.74) is -1.66. The van der Waals surface area contributed by atoms with Gasteiger partial charge < -0.3 is 9.84 Å². The molecule has 204 valence electrons. The highest BCUT2D eigenvalue weighted by Crippen LogP contribution is 2.77. The first kappa shape index (κ1) is 26.7. The van der Waals surface area contributed by atoms with Gasteiger partial charge in [-0.25, -0.2) is 0 Å². The Kier molecular flexibility index (Phi) is 5.64. The molecule has 0 aromatic heterocycles. The number of carbonyl (C=O) groups excluding carboxylic acids is 2. The fourth-order valence-corrected chi connectivity index (χ4v) is 11.4. The van der Waals surface area contributed by atoms with E-state index >= 15 is 0 Å².